The molecule has 6 nitrogen and oxygen atoms in total. The molecule has 132 valence electrons. The van der Waals surface area contributed by atoms with E-state index in [0.29, 0.717) is 16.1 Å². The maximum atomic E-state index is 12.2. The molecular weight excluding hydrogens is 338 g/mol. The van der Waals surface area contributed by atoms with Crippen LogP contribution in [0, 0.1) is 0 Å². The minimum absolute atomic E-state index is 0.109. The standard InChI is InChI=1S/C18H21N3O3S/c1-18(2,3)21-15(22)11-19-16(23)12-6-4-7-13(10-12)20-17(24)14-8-5-9-25-14/h4-10H,11H2,1-3H3,(H,19,23)(H,20,24)(H,21,22). The molecule has 0 bridgehead atoms. The van der Waals surface area contributed by atoms with Gasteiger partial charge in [0.1, 0.15) is 0 Å². The number of nitrogens with one attached hydrogen (secondary N) is 3. The van der Waals surface area contributed by atoms with Crippen LogP contribution in [-0.4, -0.2) is 29.8 Å². The minimum atomic E-state index is -0.378. The van der Waals surface area contributed by atoms with Gasteiger partial charge >= 0.3 is 0 Å². The van der Waals surface area contributed by atoms with E-state index in [-0.39, 0.29) is 29.8 Å². The van der Waals surface area contributed by atoms with Gasteiger partial charge in [0.25, 0.3) is 11.8 Å². The van der Waals surface area contributed by atoms with Crippen molar-refractivity contribution in [1.82, 2.24) is 10.6 Å². The highest BCUT2D eigenvalue weighted by Gasteiger charge is 2.15. The third-order valence-corrected chi connectivity index (χ3v) is 3.92. The van der Waals surface area contributed by atoms with Crippen LogP contribution in [0.2, 0.25) is 0 Å². The number of anilines is 1. The summed E-state index contributed by atoms with van der Waals surface area (Å²) in [5.74, 6) is -0.864. The molecule has 3 amide bonds. The summed E-state index contributed by atoms with van der Waals surface area (Å²) in [7, 11) is 0. The Labute approximate surface area is 150 Å². The summed E-state index contributed by atoms with van der Waals surface area (Å²) in [6, 6.07) is 10.1. The Morgan fingerprint density at radius 2 is 1.80 bits per heavy atom. The first kappa shape index (κ1) is 18.7. The first-order valence-corrected chi connectivity index (χ1v) is 8.67. The fourth-order valence-electron chi connectivity index (χ4n) is 2.06. The lowest BCUT2D eigenvalue weighted by Gasteiger charge is -2.20. The summed E-state index contributed by atoms with van der Waals surface area (Å²) in [5, 5.41) is 9.91. The van der Waals surface area contributed by atoms with E-state index in [9.17, 15) is 14.4 Å². The van der Waals surface area contributed by atoms with Gasteiger partial charge in [0.15, 0.2) is 0 Å². The summed E-state index contributed by atoms with van der Waals surface area (Å²) in [4.78, 5) is 36.6. The second-order valence-corrected chi connectivity index (χ2v) is 7.44. The third kappa shape index (κ3) is 6.04. The molecule has 0 unspecified atom stereocenters. The van der Waals surface area contributed by atoms with E-state index < -0.39 is 0 Å². The molecule has 0 atom stereocenters. The average molecular weight is 359 g/mol. The molecular formula is C18H21N3O3S. The van der Waals surface area contributed by atoms with Gasteiger partial charge in [-0.1, -0.05) is 12.1 Å². The van der Waals surface area contributed by atoms with Crippen molar-refractivity contribution >= 4 is 34.7 Å². The smallest absolute Gasteiger partial charge is 0.265 e. The van der Waals surface area contributed by atoms with Crippen molar-refractivity contribution < 1.29 is 14.4 Å². The van der Waals surface area contributed by atoms with Gasteiger partial charge in [-0.05, 0) is 50.4 Å². The largest absolute Gasteiger partial charge is 0.350 e. The molecule has 1 heterocycles. The summed E-state index contributed by atoms with van der Waals surface area (Å²) in [6.45, 7) is 5.49. The summed E-state index contributed by atoms with van der Waals surface area (Å²) in [5.41, 5.74) is 0.533. The predicted octanol–water partition coefficient (Wildman–Crippen LogP) is 2.64. The van der Waals surface area contributed by atoms with Crippen LogP contribution < -0.4 is 16.0 Å². The van der Waals surface area contributed by atoms with Gasteiger partial charge in [-0.2, -0.15) is 0 Å². The average Bonchev–Trinajstić information content (AvgIpc) is 3.06. The van der Waals surface area contributed by atoms with Crippen LogP contribution in [0.15, 0.2) is 41.8 Å². The molecule has 25 heavy (non-hydrogen) atoms. The van der Waals surface area contributed by atoms with E-state index in [1.54, 1.807) is 36.4 Å². The lowest BCUT2D eigenvalue weighted by molar-refractivity contribution is -0.121. The van der Waals surface area contributed by atoms with E-state index in [1.807, 2.05) is 26.2 Å². The molecule has 0 aliphatic carbocycles. The monoisotopic (exact) mass is 359 g/mol. The fraction of sp³-hybridized carbons (Fsp3) is 0.278. The van der Waals surface area contributed by atoms with Crippen LogP contribution >= 0.6 is 11.3 Å². The summed E-state index contributed by atoms with van der Waals surface area (Å²) in [6.07, 6.45) is 0. The van der Waals surface area contributed by atoms with Gasteiger partial charge in [0.2, 0.25) is 5.91 Å². The molecule has 1 aromatic heterocycles. The molecule has 3 N–H and O–H groups in total. The first-order chi connectivity index (χ1) is 11.7. The number of hydrogen-bond acceptors (Lipinski definition) is 4. The van der Waals surface area contributed by atoms with Crippen LogP contribution in [0.4, 0.5) is 5.69 Å². The highest BCUT2D eigenvalue weighted by atomic mass is 32.1. The zero-order valence-corrected chi connectivity index (χ0v) is 15.2. The van der Waals surface area contributed by atoms with E-state index in [1.165, 1.54) is 11.3 Å². The number of amides is 3. The Morgan fingerprint density at radius 1 is 1.04 bits per heavy atom. The molecule has 2 aromatic rings. The van der Waals surface area contributed by atoms with Crippen molar-refractivity contribution in [1.29, 1.82) is 0 Å². The third-order valence-electron chi connectivity index (χ3n) is 3.05. The van der Waals surface area contributed by atoms with Crippen molar-refractivity contribution in [2.24, 2.45) is 0 Å². The minimum Gasteiger partial charge on any atom is -0.350 e. The van der Waals surface area contributed by atoms with Crippen molar-refractivity contribution in [2.75, 3.05) is 11.9 Å². The number of hydrogen-bond donors (Lipinski definition) is 3. The van der Waals surface area contributed by atoms with Crippen LogP contribution in [0.5, 0.6) is 0 Å². The second-order valence-electron chi connectivity index (χ2n) is 6.49. The molecule has 7 heteroatoms. The van der Waals surface area contributed by atoms with Crippen molar-refractivity contribution in [3.63, 3.8) is 0 Å². The van der Waals surface area contributed by atoms with E-state index in [0.717, 1.165) is 0 Å². The van der Waals surface area contributed by atoms with Crippen LogP contribution in [0.25, 0.3) is 0 Å². The lowest BCUT2D eigenvalue weighted by atomic mass is 10.1. The normalized spacial score (nSPS) is 10.8. The topological polar surface area (TPSA) is 87.3 Å². The van der Waals surface area contributed by atoms with Crippen molar-refractivity contribution in [3.05, 3.63) is 52.2 Å². The summed E-state index contributed by atoms with van der Waals surface area (Å²) >= 11 is 1.34. The number of rotatable bonds is 5. The highest BCUT2D eigenvalue weighted by molar-refractivity contribution is 7.12. The van der Waals surface area contributed by atoms with Gasteiger partial charge in [-0.15, -0.1) is 11.3 Å². The number of carbonyl (C=O) groups excluding carboxylic acids is 3. The van der Waals surface area contributed by atoms with Crippen LogP contribution in [0.1, 0.15) is 40.8 Å². The first-order valence-electron chi connectivity index (χ1n) is 7.79. The van der Waals surface area contributed by atoms with Gasteiger partial charge in [0.05, 0.1) is 11.4 Å². The summed E-state index contributed by atoms with van der Waals surface area (Å²) < 4.78 is 0. The van der Waals surface area contributed by atoms with Crippen molar-refractivity contribution in [2.45, 2.75) is 26.3 Å². The molecule has 0 saturated carbocycles. The van der Waals surface area contributed by atoms with E-state index in [2.05, 4.69) is 16.0 Å². The fourth-order valence-corrected chi connectivity index (χ4v) is 2.68. The maximum Gasteiger partial charge on any atom is 0.265 e. The Morgan fingerprint density at radius 3 is 2.44 bits per heavy atom. The lowest BCUT2D eigenvalue weighted by Crippen LogP contribution is -2.45. The molecule has 0 aliphatic rings. The molecule has 0 fully saturated rings. The number of carbonyl (C=O) groups is 3. The predicted molar refractivity (Wildman–Crippen MR) is 98.9 cm³/mol. The Kier molecular flexibility index (Phi) is 5.93. The Balaban J connectivity index is 1.95. The van der Waals surface area contributed by atoms with Gasteiger partial charge in [0, 0.05) is 16.8 Å². The van der Waals surface area contributed by atoms with Crippen molar-refractivity contribution in [3.8, 4) is 0 Å². The Bertz CT molecular complexity index is 764. The number of thiophene rings is 1. The van der Waals surface area contributed by atoms with Gasteiger partial charge in [-0.3, -0.25) is 14.4 Å². The molecule has 2 rings (SSSR count). The van der Waals surface area contributed by atoms with Crippen LogP contribution in [0.3, 0.4) is 0 Å². The van der Waals surface area contributed by atoms with Gasteiger partial charge in [-0.25, -0.2) is 0 Å². The maximum absolute atomic E-state index is 12.2. The highest BCUT2D eigenvalue weighted by Crippen LogP contribution is 2.15. The molecule has 0 saturated heterocycles. The van der Waals surface area contributed by atoms with Gasteiger partial charge < -0.3 is 16.0 Å². The van der Waals surface area contributed by atoms with Crippen LogP contribution in [-0.2, 0) is 4.79 Å². The molecule has 0 aliphatic heterocycles. The zero-order chi connectivity index (χ0) is 18.4. The molecule has 1 aromatic carbocycles. The SMILES string of the molecule is CC(C)(C)NC(=O)CNC(=O)c1cccc(NC(=O)c2cccs2)c1. The number of benzene rings is 1. The van der Waals surface area contributed by atoms with E-state index >= 15 is 0 Å². The molecule has 0 radical (unpaired) electrons. The second kappa shape index (κ2) is 7.94. The zero-order valence-electron chi connectivity index (χ0n) is 14.4. The quantitative estimate of drug-likeness (QED) is 0.767. The van der Waals surface area contributed by atoms with E-state index in [4.69, 9.17) is 0 Å². The molecule has 0 spiro atoms. The Hall–Kier alpha value is -2.67.